The summed E-state index contributed by atoms with van der Waals surface area (Å²) in [4.78, 5) is 0. The van der Waals surface area contributed by atoms with E-state index in [4.69, 9.17) is 0 Å². The number of phenolic OH excluding ortho intramolecular Hbond substituents is 1. The van der Waals surface area contributed by atoms with Crippen molar-refractivity contribution in [1.82, 2.24) is 0 Å². The maximum absolute atomic E-state index is 13.0. The monoisotopic (exact) mass is 283 g/mol. The van der Waals surface area contributed by atoms with E-state index >= 15 is 0 Å². The summed E-state index contributed by atoms with van der Waals surface area (Å²) in [5.74, 6) is -1.55. The molecule has 0 aliphatic carbocycles. The summed E-state index contributed by atoms with van der Waals surface area (Å²) in [5.41, 5.74) is 0.504. The first-order valence-corrected chi connectivity index (χ1v) is 5.23. The van der Waals surface area contributed by atoms with E-state index in [1.807, 2.05) is 0 Å². The molecule has 0 spiro atoms. The molecule has 16 heavy (non-hydrogen) atoms. The maximum atomic E-state index is 13.0. The van der Waals surface area contributed by atoms with E-state index < -0.39 is 11.6 Å². The molecule has 1 N–H and O–H groups in total. The molecular formula is C12H6BrF2O. The largest absolute Gasteiger partial charge is 0.507 e. The Bertz CT molecular complexity index is 520. The fourth-order valence-electron chi connectivity index (χ4n) is 1.37. The van der Waals surface area contributed by atoms with Gasteiger partial charge in [-0.05, 0) is 29.8 Å². The molecule has 0 aliphatic rings. The predicted octanol–water partition coefficient (Wildman–Crippen LogP) is 3.90. The zero-order valence-corrected chi connectivity index (χ0v) is 9.55. The van der Waals surface area contributed by atoms with Gasteiger partial charge in [-0.15, -0.1) is 0 Å². The van der Waals surface area contributed by atoms with Crippen molar-refractivity contribution in [3.8, 4) is 16.9 Å². The van der Waals surface area contributed by atoms with E-state index in [0.717, 1.165) is 12.1 Å². The summed E-state index contributed by atoms with van der Waals surface area (Å²) in [7, 11) is 0. The Kier molecular flexibility index (Phi) is 2.92. The van der Waals surface area contributed by atoms with Gasteiger partial charge in [-0.2, -0.15) is 0 Å². The molecule has 0 heterocycles. The smallest absolute Gasteiger partial charge is 0.134 e. The summed E-state index contributed by atoms with van der Waals surface area (Å²) in [6.07, 6.45) is 0. The van der Waals surface area contributed by atoms with Gasteiger partial charge in [0.1, 0.15) is 17.4 Å². The lowest BCUT2D eigenvalue weighted by Gasteiger charge is -2.05. The minimum atomic E-state index is -0.797. The van der Waals surface area contributed by atoms with Crippen molar-refractivity contribution in [3.05, 3.63) is 52.5 Å². The Morgan fingerprint density at radius 3 is 2.56 bits per heavy atom. The van der Waals surface area contributed by atoms with Crippen LogP contribution in [0.3, 0.4) is 0 Å². The van der Waals surface area contributed by atoms with Crippen LogP contribution in [0.1, 0.15) is 0 Å². The number of benzene rings is 2. The van der Waals surface area contributed by atoms with Crippen LogP contribution in [-0.4, -0.2) is 5.11 Å². The molecule has 2 aromatic carbocycles. The third-order valence-corrected chi connectivity index (χ3v) is 2.54. The van der Waals surface area contributed by atoms with Gasteiger partial charge >= 0.3 is 0 Å². The SMILES string of the molecule is Oc1ccc(Br)cc1-c1[c]c(F)cc(F)c1. The lowest BCUT2D eigenvalue weighted by molar-refractivity contribution is 0.477. The molecule has 81 valence electrons. The van der Waals surface area contributed by atoms with Crippen molar-refractivity contribution in [2.45, 2.75) is 0 Å². The summed E-state index contributed by atoms with van der Waals surface area (Å²) < 4.78 is 26.7. The average Bonchev–Trinajstić information content (AvgIpc) is 2.20. The van der Waals surface area contributed by atoms with Gasteiger partial charge in [-0.1, -0.05) is 15.9 Å². The quantitative estimate of drug-likeness (QED) is 0.842. The number of hydrogen-bond donors (Lipinski definition) is 1. The van der Waals surface area contributed by atoms with Crippen LogP contribution in [0.2, 0.25) is 0 Å². The third-order valence-electron chi connectivity index (χ3n) is 2.05. The number of rotatable bonds is 1. The highest BCUT2D eigenvalue weighted by molar-refractivity contribution is 9.10. The Labute approximate surface area is 99.5 Å². The van der Waals surface area contributed by atoms with E-state index in [1.165, 1.54) is 6.07 Å². The zero-order chi connectivity index (χ0) is 11.7. The van der Waals surface area contributed by atoms with Gasteiger partial charge < -0.3 is 5.11 Å². The standard InChI is InChI=1S/C12H6BrF2O/c13-8-1-2-12(16)11(5-8)7-3-9(14)6-10(15)4-7/h1-3,5-6,16H. The van der Waals surface area contributed by atoms with Gasteiger partial charge in [-0.3, -0.25) is 0 Å². The highest BCUT2D eigenvalue weighted by Crippen LogP contribution is 2.32. The van der Waals surface area contributed by atoms with Crippen LogP contribution in [0.15, 0.2) is 34.8 Å². The van der Waals surface area contributed by atoms with E-state index in [9.17, 15) is 13.9 Å². The number of aromatic hydroxyl groups is 1. The first-order valence-electron chi connectivity index (χ1n) is 4.43. The van der Waals surface area contributed by atoms with Gasteiger partial charge in [0.2, 0.25) is 0 Å². The average molecular weight is 284 g/mol. The number of hydrogen-bond acceptors (Lipinski definition) is 1. The summed E-state index contributed by atoms with van der Waals surface area (Å²) >= 11 is 3.22. The fourth-order valence-corrected chi connectivity index (χ4v) is 1.73. The molecular weight excluding hydrogens is 278 g/mol. The molecule has 2 rings (SSSR count). The van der Waals surface area contributed by atoms with E-state index in [-0.39, 0.29) is 11.3 Å². The Morgan fingerprint density at radius 1 is 1.12 bits per heavy atom. The van der Waals surface area contributed by atoms with Crippen LogP contribution in [0.25, 0.3) is 11.1 Å². The molecule has 2 aromatic rings. The molecule has 1 radical (unpaired) electrons. The van der Waals surface area contributed by atoms with Crippen molar-refractivity contribution < 1.29 is 13.9 Å². The second kappa shape index (κ2) is 4.22. The highest BCUT2D eigenvalue weighted by Gasteiger charge is 2.08. The van der Waals surface area contributed by atoms with Crippen molar-refractivity contribution >= 4 is 15.9 Å². The topological polar surface area (TPSA) is 20.2 Å². The Balaban J connectivity index is 2.62. The third kappa shape index (κ3) is 2.22. The molecule has 0 atom stereocenters. The second-order valence-corrected chi connectivity index (χ2v) is 4.14. The molecule has 4 heteroatoms. The zero-order valence-electron chi connectivity index (χ0n) is 7.97. The molecule has 0 unspecified atom stereocenters. The summed E-state index contributed by atoms with van der Waals surface area (Å²) in [6.45, 7) is 0. The lowest BCUT2D eigenvalue weighted by Crippen LogP contribution is -1.85. The molecule has 0 aliphatic heterocycles. The Hall–Kier alpha value is -1.42. The van der Waals surface area contributed by atoms with Gasteiger partial charge in [0.15, 0.2) is 0 Å². The second-order valence-electron chi connectivity index (χ2n) is 3.22. The molecule has 0 saturated carbocycles. The first-order chi connectivity index (χ1) is 7.56. The minimum Gasteiger partial charge on any atom is -0.507 e. The molecule has 1 nitrogen and oxygen atoms in total. The van der Waals surface area contributed by atoms with Crippen molar-refractivity contribution in [2.24, 2.45) is 0 Å². The molecule has 0 aromatic heterocycles. The van der Waals surface area contributed by atoms with E-state index in [0.29, 0.717) is 10.0 Å². The number of halogens is 3. The minimum absolute atomic E-state index is 0.0514. The molecule has 0 bridgehead atoms. The van der Waals surface area contributed by atoms with Gasteiger partial charge in [0.25, 0.3) is 0 Å². The number of phenols is 1. The van der Waals surface area contributed by atoms with E-state index in [1.54, 1.807) is 12.1 Å². The molecule has 0 saturated heterocycles. The summed E-state index contributed by atoms with van der Waals surface area (Å²) in [5, 5.41) is 9.58. The van der Waals surface area contributed by atoms with Gasteiger partial charge in [0, 0.05) is 22.2 Å². The fraction of sp³-hybridized carbons (Fsp3) is 0. The predicted molar refractivity (Wildman–Crippen MR) is 60.0 cm³/mol. The van der Waals surface area contributed by atoms with Gasteiger partial charge in [-0.25, -0.2) is 8.78 Å². The normalized spacial score (nSPS) is 10.4. The molecule has 0 fully saturated rings. The lowest BCUT2D eigenvalue weighted by atomic mass is 10.0. The summed E-state index contributed by atoms with van der Waals surface area (Å²) in [6, 6.07) is 8.84. The van der Waals surface area contributed by atoms with Crippen molar-refractivity contribution in [1.29, 1.82) is 0 Å². The Morgan fingerprint density at radius 2 is 1.88 bits per heavy atom. The highest BCUT2D eigenvalue weighted by atomic mass is 79.9. The van der Waals surface area contributed by atoms with Crippen LogP contribution >= 0.6 is 15.9 Å². The van der Waals surface area contributed by atoms with Crippen LogP contribution in [-0.2, 0) is 0 Å². The van der Waals surface area contributed by atoms with E-state index in [2.05, 4.69) is 22.0 Å². The van der Waals surface area contributed by atoms with Crippen molar-refractivity contribution in [2.75, 3.05) is 0 Å². The van der Waals surface area contributed by atoms with Crippen LogP contribution < -0.4 is 0 Å². The maximum Gasteiger partial charge on any atom is 0.134 e. The first kappa shape index (κ1) is 11.1. The molecule has 0 amide bonds. The van der Waals surface area contributed by atoms with Gasteiger partial charge in [0.05, 0.1) is 0 Å². The van der Waals surface area contributed by atoms with Crippen LogP contribution in [0.5, 0.6) is 5.75 Å². The van der Waals surface area contributed by atoms with Crippen LogP contribution in [0, 0.1) is 17.7 Å². The van der Waals surface area contributed by atoms with Crippen molar-refractivity contribution in [3.63, 3.8) is 0 Å². The van der Waals surface area contributed by atoms with Crippen LogP contribution in [0.4, 0.5) is 8.78 Å².